The number of hydrogen-bond acceptors (Lipinski definition) is 4. The van der Waals surface area contributed by atoms with Gasteiger partial charge >= 0.3 is 11.9 Å². The molecule has 0 aromatic carbocycles. The van der Waals surface area contributed by atoms with Gasteiger partial charge in [0.15, 0.2) is 11.0 Å². The van der Waals surface area contributed by atoms with Crippen LogP contribution in [0.3, 0.4) is 0 Å². The van der Waals surface area contributed by atoms with Crippen molar-refractivity contribution < 1.29 is 24.9 Å². The minimum atomic E-state index is -1.84. The summed E-state index contributed by atoms with van der Waals surface area (Å²) in [6.45, 7) is 0. The van der Waals surface area contributed by atoms with E-state index in [0.717, 1.165) is 0 Å². The molecule has 0 aromatic heterocycles. The van der Waals surface area contributed by atoms with Crippen molar-refractivity contribution in [2.75, 3.05) is 0 Å². The Morgan fingerprint density at radius 1 is 1.07 bits per heavy atom. The molecule has 3 N–H and O–H groups in total. The van der Waals surface area contributed by atoms with E-state index >= 15 is 0 Å². The Bertz CT molecular complexity index is 319. The molecule has 1 rings (SSSR count). The van der Waals surface area contributed by atoms with Crippen LogP contribution in [0.1, 0.15) is 25.7 Å². The minimum Gasteiger partial charge on any atom is -0.480 e. The van der Waals surface area contributed by atoms with E-state index in [0.29, 0.717) is 0 Å². The topological polar surface area (TPSA) is 119 Å². The predicted octanol–water partition coefficient (Wildman–Crippen LogP) is -0.0293. The standard InChI is InChI=1S/C9H11NO5/c10-5-8(15)1-3-9(4-2-8,6(11)12)7(13)14/h15H,1-4H2,(H,11,12)(H,13,14). The van der Waals surface area contributed by atoms with Gasteiger partial charge in [0, 0.05) is 0 Å². The minimum absolute atomic E-state index is 0.123. The van der Waals surface area contributed by atoms with Gasteiger partial charge in [0.1, 0.15) is 0 Å². The lowest BCUT2D eigenvalue weighted by Crippen LogP contribution is -2.47. The molecule has 6 nitrogen and oxygen atoms in total. The Labute approximate surface area is 85.8 Å². The number of aliphatic hydroxyl groups is 1. The molecule has 1 aliphatic carbocycles. The highest BCUT2D eigenvalue weighted by molar-refractivity contribution is 5.98. The molecule has 1 saturated carbocycles. The first-order valence-corrected chi connectivity index (χ1v) is 4.47. The quantitative estimate of drug-likeness (QED) is 0.437. The summed E-state index contributed by atoms with van der Waals surface area (Å²) in [7, 11) is 0. The van der Waals surface area contributed by atoms with Gasteiger partial charge in [-0.1, -0.05) is 0 Å². The fraction of sp³-hybridized carbons (Fsp3) is 0.667. The lowest BCUT2D eigenvalue weighted by molar-refractivity contribution is -0.169. The third kappa shape index (κ3) is 1.78. The first kappa shape index (κ1) is 11.5. The summed E-state index contributed by atoms with van der Waals surface area (Å²) in [5.41, 5.74) is -3.42. The lowest BCUT2D eigenvalue weighted by atomic mass is 9.69. The van der Waals surface area contributed by atoms with Crippen LogP contribution in [0.15, 0.2) is 0 Å². The second-order valence-electron chi connectivity index (χ2n) is 3.84. The molecule has 0 atom stereocenters. The zero-order valence-electron chi connectivity index (χ0n) is 7.93. The fourth-order valence-corrected chi connectivity index (χ4v) is 1.72. The van der Waals surface area contributed by atoms with Crippen LogP contribution in [0.4, 0.5) is 0 Å². The van der Waals surface area contributed by atoms with Crippen molar-refractivity contribution in [3.63, 3.8) is 0 Å². The van der Waals surface area contributed by atoms with Gasteiger partial charge in [0.25, 0.3) is 0 Å². The summed E-state index contributed by atoms with van der Waals surface area (Å²) in [5, 5.41) is 35.8. The molecule has 0 bridgehead atoms. The first-order chi connectivity index (χ1) is 6.86. The van der Waals surface area contributed by atoms with Crippen LogP contribution < -0.4 is 0 Å². The van der Waals surface area contributed by atoms with Crippen LogP contribution in [0.2, 0.25) is 0 Å². The van der Waals surface area contributed by atoms with Gasteiger partial charge in [-0.25, -0.2) is 0 Å². The van der Waals surface area contributed by atoms with E-state index in [9.17, 15) is 14.7 Å². The van der Waals surface area contributed by atoms with Gasteiger partial charge < -0.3 is 15.3 Å². The Kier molecular flexibility index (Phi) is 2.69. The average molecular weight is 213 g/mol. The third-order valence-corrected chi connectivity index (χ3v) is 2.96. The second kappa shape index (κ2) is 3.51. The lowest BCUT2D eigenvalue weighted by Gasteiger charge is -2.35. The van der Waals surface area contributed by atoms with Gasteiger partial charge in [-0.15, -0.1) is 0 Å². The maximum atomic E-state index is 10.9. The SMILES string of the molecule is N#CC1(O)CCC(C(=O)O)(C(=O)O)CC1. The normalized spacial score (nSPS) is 22.7. The van der Waals surface area contributed by atoms with Crippen LogP contribution >= 0.6 is 0 Å². The summed E-state index contributed by atoms with van der Waals surface area (Å²) in [6.07, 6.45) is -0.687. The highest BCUT2D eigenvalue weighted by atomic mass is 16.4. The number of carboxylic acid groups (broad SMARTS) is 2. The zero-order valence-corrected chi connectivity index (χ0v) is 7.93. The Morgan fingerprint density at radius 2 is 1.47 bits per heavy atom. The molecule has 1 fully saturated rings. The number of nitrogens with zero attached hydrogens (tertiary/aromatic N) is 1. The average Bonchev–Trinajstić information content (AvgIpc) is 2.18. The highest BCUT2D eigenvalue weighted by Gasteiger charge is 2.52. The van der Waals surface area contributed by atoms with E-state index in [4.69, 9.17) is 15.5 Å². The molecule has 0 saturated heterocycles. The van der Waals surface area contributed by atoms with Gasteiger partial charge in [-0.05, 0) is 25.7 Å². The monoisotopic (exact) mass is 213 g/mol. The van der Waals surface area contributed by atoms with Crippen LogP contribution in [0.5, 0.6) is 0 Å². The molecule has 0 radical (unpaired) electrons. The van der Waals surface area contributed by atoms with E-state index in [-0.39, 0.29) is 25.7 Å². The van der Waals surface area contributed by atoms with Gasteiger partial charge in [-0.3, -0.25) is 9.59 Å². The van der Waals surface area contributed by atoms with Crippen molar-refractivity contribution in [2.45, 2.75) is 31.3 Å². The molecule has 1 aliphatic rings. The van der Waals surface area contributed by atoms with Crippen molar-refractivity contribution in [1.29, 1.82) is 5.26 Å². The van der Waals surface area contributed by atoms with Gasteiger partial charge in [-0.2, -0.15) is 5.26 Å². The Morgan fingerprint density at radius 3 is 1.73 bits per heavy atom. The van der Waals surface area contributed by atoms with Gasteiger partial charge in [0.05, 0.1) is 6.07 Å². The van der Waals surface area contributed by atoms with Crippen LogP contribution in [0.25, 0.3) is 0 Å². The molecule has 0 spiro atoms. The molecule has 0 aromatic rings. The van der Waals surface area contributed by atoms with Crippen LogP contribution in [0, 0.1) is 16.7 Å². The van der Waals surface area contributed by atoms with Gasteiger partial charge in [0.2, 0.25) is 0 Å². The zero-order chi connectivity index (χ0) is 11.7. The van der Waals surface area contributed by atoms with Crippen molar-refractivity contribution in [3.05, 3.63) is 0 Å². The molecule has 15 heavy (non-hydrogen) atoms. The molecule has 0 unspecified atom stereocenters. The van der Waals surface area contributed by atoms with E-state index < -0.39 is 23.0 Å². The molecular weight excluding hydrogens is 202 g/mol. The number of aliphatic carboxylic acids is 2. The first-order valence-electron chi connectivity index (χ1n) is 4.47. The Hall–Kier alpha value is -1.61. The van der Waals surface area contributed by atoms with E-state index in [2.05, 4.69) is 0 Å². The number of carbonyl (C=O) groups is 2. The molecule has 0 heterocycles. The van der Waals surface area contributed by atoms with Crippen molar-refractivity contribution in [3.8, 4) is 6.07 Å². The largest absolute Gasteiger partial charge is 0.480 e. The van der Waals surface area contributed by atoms with Crippen molar-refractivity contribution >= 4 is 11.9 Å². The summed E-state index contributed by atoms with van der Waals surface area (Å²) < 4.78 is 0. The third-order valence-electron chi connectivity index (χ3n) is 2.96. The number of hydrogen-bond donors (Lipinski definition) is 3. The van der Waals surface area contributed by atoms with E-state index in [1.54, 1.807) is 6.07 Å². The van der Waals surface area contributed by atoms with Crippen molar-refractivity contribution in [2.24, 2.45) is 5.41 Å². The molecule has 0 aliphatic heterocycles. The molecular formula is C9H11NO5. The summed E-state index contributed by atoms with van der Waals surface area (Å²) in [6, 6.07) is 1.67. The maximum absolute atomic E-state index is 10.9. The summed E-state index contributed by atoms with van der Waals surface area (Å²) in [4.78, 5) is 21.7. The van der Waals surface area contributed by atoms with E-state index in [1.807, 2.05) is 0 Å². The second-order valence-corrected chi connectivity index (χ2v) is 3.84. The number of carboxylic acids is 2. The predicted molar refractivity (Wildman–Crippen MR) is 46.7 cm³/mol. The molecule has 0 amide bonds. The van der Waals surface area contributed by atoms with Crippen LogP contribution in [-0.4, -0.2) is 32.9 Å². The number of rotatable bonds is 2. The highest BCUT2D eigenvalue weighted by Crippen LogP contribution is 2.41. The molecule has 82 valence electrons. The van der Waals surface area contributed by atoms with Crippen molar-refractivity contribution in [1.82, 2.24) is 0 Å². The smallest absolute Gasteiger partial charge is 0.321 e. The molecule has 6 heteroatoms. The number of nitriles is 1. The van der Waals surface area contributed by atoms with Crippen LogP contribution in [-0.2, 0) is 9.59 Å². The summed E-state index contributed by atoms with van der Waals surface area (Å²) >= 11 is 0. The Balaban J connectivity index is 2.89. The summed E-state index contributed by atoms with van der Waals surface area (Å²) in [5.74, 6) is -2.81. The maximum Gasteiger partial charge on any atom is 0.321 e. The fourth-order valence-electron chi connectivity index (χ4n) is 1.72. The van der Waals surface area contributed by atoms with E-state index in [1.165, 1.54) is 0 Å².